The quantitative estimate of drug-likeness (QED) is 0.620. The zero-order chi connectivity index (χ0) is 13.1. The first kappa shape index (κ1) is 11.9. The third-order valence-corrected chi connectivity index (χ3v) is 2.06. The number of anilines is 1. The average Bonchev–Trinajstić information content (AvgIpc) is 2.80. The number of hydrazine groups is 1. The molecule has 2 aromatic rings. The van der Waals surface area contributed by atoms with Crippen LogP contribution in [0.1, 0.15) is 0 Å². The summed E-state index contributed by atoms with van der Waals surface area (Å²) in [6.07, 6.45) is 5.79. The van der Waals surface area contributed by atoms with Crippen LogP contribution in [0.5, 0.6) is 0 Å². The fraction of sp³-hybridized carbons (Fsp3) is 0.222. The van der Waals surface area contributed by atoms with Crippen molar-refractivity contribution in [1.82, 2.24) is 24.5 Å². The minimum absolute atomic E-state index is 0.128. The maximum absolute atomic E-state index is 11.2. The molecule has 0 aliphatic rings. The molecule has 0 spiro atoms. The maximum atomic E-state index is 11.2. The first-order valence-corrected chi connectivity index (χ1v) is 5.01. The third-order valence-electron chi connectivity index (χ3n) is 2.06. The van der Waals surface area contributed by atoms with Gasteiger partial charge in [-0.3, -0.25) is 20.1 Å². The Morgan fingerprint density at radius 1 is 1.44 bits per heavy atom. The number of nitrogens with one attached hydrogen (secondary N) is 1. The number of nitro groups is 1. The van der Waals surface area contributed by atoms with E-state index in [1.807, 2.05) is 0 Å². The van der Waals surface area contributed by atoms with Crippen molar-refractivity contribution < 1.29 is 4.92 Å². The van der Waals surface area contributed by atoms with Gasteiger partial charge in [0.2, 0.25) is 11.6 Å². The van der Waals surface area contributed by atoms with Gasteiger partial charge in [-0.05, 0) is 0 Å². The molecular formula is C9H11N7O2. The van der Waals surface area contributed by atoms with Crippen molar-refractivity contribution in [3.63, 3.8) is 0 Å². The van der Waals surface area contributed by atoms with Crippen molar-refractivity contribution in [1.29, 1.82) is 0 Å². The van der Waals surface area contributed by atoms with Gasteiger partial charge in [-0.1, -0.05) is 0 Å². The van der Waals surface area contributed by atoms with Crippen LogP contribution in [-0.2, 0) is 0 Å². The summed E-state index contributed by atoms with van der Waals surface area (Å²) in [6.45, 7) is 0. The predicted octanol–water partition coefficient (Wildman–Crippen LogP) is 0.459. The number of imidazole rings is 1. The summed E-state index contributed by atoms with van der Waals surface area (Å²) in [5.41, 5.74) is 2.56. The van der Waals surface area contributed by atoms with Gasteiger partial charge in [0.15, 0.2) is 0 Å². The van der Waals surface area contributed by atoms with E-state index in [0.717, 1.165) is 0 Å². The van der Waals surface area contributed by atoms with E-state index in [1.165, 1.54) is 23.4 Å². The van der Waals surface area contributed by atoms with Crippen molar-refractivity contribution in [3.8, 4) is 5.82 Å². The first-order valence-electron chi connectivity index (χ1n) is 5.01. The van der Waals surface area contributed by atoms with E-state index in [9.17, 15) is 10.1 Å². The molecule has 0 saturated carbocycles. The van der Waals surface area contributed by atoms with E-state index in [4.69, 9.17) is 0 Å². The highest BCUT2D eigenvalue weighted by Gasteiger charge is 2.24. The normalized spacial score (nSPS) is 10.6. The van der Waals surface area contributed by atoms with E-state index in [0.29, 0.717) is 0 Å². The molecule has 2 aromatic heterocycles. The van der Waals surface area contributed by atoms with Gasteiger partial charge in [0, 0.05) is 26.5 Å². The summed E-state index contributed by atoms with van der Waals surface area (Å²) in [5.74, 6) is 0.292. The second-order valence-electron chi connectivity index (χ2n) is 3.63. The van der Waals surface area contributed by atoms with E-state index in [-0.39, 0.29) is 17.3 Å². The highest BCUT2D eigenvalue weighted by Crippen LogP contribution is 2.27. The van der Waals surface area contributed by atoms with Crippen LogP contribution in [0.25, 0.3) is 5.82 Å². The fourth-order valence-corrected chi connectivity index (χ4v) is 1.40. The lowest BCUT2D eigenvalue weighted by atomic mass is 10.4. The molecule has 9 nitrogen and oxygen atoms in total. The molecule has 0 fully saturated rings. The van der Waals surface area contributed by atoms with Crippen LogP contribution in [0.3, 0.4) is 0 Å². The molecule has 0 unspecified atom stereocenters. The Balaban J connectivity index is 2.56. The van der Waals surface area contributed by atoms with Crippen LogP contribution in [0.4, 0.5) is 11.5 Å². The summed E-state index contributed by atoms with van der Waals surface area (Å²) >= 11 is 0. The Morgan fingerprint density at radius 2 is 2.22 bits per heavy atom. The number of aromatic nitrogens is 4. The van der Waals surface area contributed by atoms with Crippen molar-refractivity contribution in [2.75, 3.05) is 19.5 Å². The van der Waals surface area contributed by atoms with Crippen LogP contribution < -0.4 is 5.43 Å². The Hall–Kier alpha value is -2.55. The molecule has 0 aromatic carbocycles. The van der Waals surface area contributed by atoms with E-state index in [1.54, 1.807) is 25.3 Å². The van der Waals surface area contributed by atoms with Gasteiger partial charge in [0.1, 0.15) is 12.7 Å². The second kappa shape index (κ2) is 4.75. The molecule has 0 amide bonds. The highest BCUT2D eigenvalue weighted by atomic mass is 16.6. The number of hydrogen-bond acceptors (Lipinski definition) is 7. The predicted molar refractivity (Wildman–Crippen MR) is 63.1 cm³/mol. The summed E-state index contributed by atoms with van der Waals surface area (Å²) in [5, 5.41) is 12.7. The third kappa shape index (κ3) is 2.25. The molecule has 9 heteroatoms. The largest absolute Gasteiger partial charge is 0.355 e. The lowest BCUT2D eigenvalue weighted by Crippen LogP contribution is -2.22. The molecule has 0 aliphatic heterocycles. The summed E-state index contributed by atoms with van der Waals surface area (Å²) in [4.78, 5) is 22.3. The summed E-state index contributed by atoms with van der Waals surface area (Å²) < 4.78 is 1.46. The zero-order valence-corrected chi connectivity index (χ0v) is 9.81. The molecule has 2 rings (SSSR count). The summed E-state index contributed by atoms with van der Waals surface area (Å²) in [6, 6.07) is 0. The topological polar surface area (TPSA) is 102 Å². The van der Waals surface area contributed by atoms with Gasteiger partial charge >= 0.3 is 5.69 Å². The van der Waals surface area contributed by atoms with Crippen LogP contribution in [0.15, 0.2) is 25.0 Å². The molecule has 94 valence electrons. The first-order chi connectivity index (χ1) is 8.59. The van der Waals surface area contributed by atoms with Crippen molar-refractivity contribution in [2.45, 2.75) is 0 Å². The van der Waals surface area contributed by atoms with Gasteiger partial charge in [0.25, 0.3) is 0 Å². The van der Waals surface area contributed by atoms with E-state index < -0.39 is 4.92 Å². The molecule has 0 aliphatic carbocycles. The molecule has 0 bridgehead atoms. The summed E-state index contributed by atoms with van der Waals surface area (Å²) in [7, 11) is 3.42. The van der Waals surface area contributed by atoms with Crippen molar-refractivity contribution in [2.24, 2.45) is 0 Å². The average molecular weight is 249 g/mol. The Morgan fingerprint density at radius 3 is 2.78 bits per heavy atom. The molecule has 0 radical (unpaired) electrons. The van der Waals surface area contributed by atoms with Gasteiger partial charge < -0.3 is 0 Å². The van der Waals surface area contributed by atoms with Crippen molar-refractivity contribution in [3.05, 3.63) is 35.2 Å². The van der Waals surface area contributed by atoms with Gasteiger partial charge in [-0.2, -0.15) is 0 Å². The molecule has 0 saturated heterocycles. The van der Waals surface area contributed by atoms with E-state index in [2.05, 4.69) is 20.4 Å². The van der Waals surface area contributed by atoms with Gasteiger partial charge in [-0.15, -0.1) is 0 Å². The highest BCUT2D eigenvalue weighted by molar-refractivity contribution is 5.63. The molecule has 0 atom stereocenters. The van der Waals surface area contributed by atoms with Crippen LogP contribution >= 0.6 is 0 Å². The Labute approximate surface area is 102 Å². The lowest BCUT2D eigenvalue weighted by molar-refractivity contribution is -0.384. The van der Waals surface area contributed by atoms with Gasteiger partial charge in [0.05, 0.1) is 4.92 Å². The van der Waals surface area contributed by atoms with Crippen LogP contribution in [0.2, 0.25) is 0 Å². The minimum atomic E-state index is -0.527. The molecule has 1 N–H and O–H groups in total. The smallest absolute Gasteiger partial charge is 0.298 e. The molecule has 2 heterocycles. The maximum Gasteiger partial charge on any atom is 0.355 e. The Bertz CT molecular complexity index is 552. The zero-order valence-electron chi connectivity index (χ0n) is 9.81. The molecule has 18 heavy (non-hydrogen) atoms. The molecular weight excluding hydrogens is 238 g/mol. The van der Waals surface area contributed by atoms with Crippen LogP contribution in [0, 0.1) is 10.1 Å². The fourth-order valence-electron chi connectivity index (χ4n) is 1.40. The second-order valence-corrected chi connectivity index (χ2v) is 3.63. The monoisotopic (exact) mass is 249 g/mol. The Kier molecular flexibility index (Phi) is 3.15. The van der Waals surface area contributed by atoms with Crippen molar-refractivity contribution >= 4 is 11.5 Å². The van der Waals surface area contributed by atoms with E-state index >= 15 is 0 Å². The van der Waals surface area contributed by atoms with Gasteiger partial charge in [-0.25, -0.2) is 20.0 Å². The number of rotatable bonds is 4. The minimum Gasteiger partial charge on any atom is -0.298 e. The SMILES string of the molecule is CN(C)Nc1ncnc(-n2ccnc2)c1[N+](=O)[O-]. The standard InChI is InChI=1S/C9H11N7O2/c1-14(2)13-8-7(16(17)18)9(12-5-11-8)15-4-3-10-6-15/h3-6H,1-2H3,(H,11,12,13). The van der Waals surface area contributed by atoms with Crippen LogP contribution in [-0.4, -0.2) is 43.5 Å². The number of hydrogen-bond donors (Lipinski definition) is 1. The lowest BCUT2D eigenvalue weighted by Gasteiger charge is -2.13. The number of nitrogens with zero attached hydrogens (tertiary/aromatic N) is 6.